The summed E-state index contributed by atoms with van der Waals surface area (Å²) in [6, 6.07) is 111. The second-order valence-corrected chi connectivity index (χ2v) is 23.3. The molecule has 16 aromatic rings. The normalized spacial score (nSPS) is 12.7. The molecule has 2 aliphatic rings. The average molecular weight is 1090 g/mol. The largest absolute Gasteiger partial charge is 0.311 e. The van der Waals surface area contributed by atoms with Crippen LogP contribution in [0.4, 0.5) is 34.1 Å². The maximum atomic E-state index is 2.65. The Balaban J connectivity index is 1.04. The molecule has 5 heterocycles. The third-order valence-electron chi connectivity index (χ3n) is 17.9. The number of benzene rings is 13. The Labute approximate surface area is 490 Å². The van der Waals surface area contributed by atoms with Crippen molar-refractivity contribution in [2.24, 2.45) is 0 Å². The number of hydrogen-bond acceptors (Lipinski definition) is 3. The van der Waals surface area contributed by atoms with E-state index in [0.29, 0.717) is 0 Å². The Bertz CT molecular complexity index is 5230. The van der Waals surface area contributed by atoms with Gasteiger partial charge in [0.1, 0.15) is 0 Å². The van der Waals surface area contributed by atoms with E-state index in [1.807, 2.05) is 11.3 Å². The summed E-state index contributed by atoms with van der Waals surface area (Å²) >= 11 is 1.94. The van der Waals surface area contributed by atoms with Gasteiger partial charge in [-0.15, -0.1) is 11.3 Å². The second kappa shape index (κ2) is 18.4. The summed E-state index contributed by atoms with van der Waals surface area (Å²) in [7, 11) is 0. The van der Waals surface area contributed by atoms with Crippen LogP contribution in [0, 0.1) is 0 Å². The van der Waals surface area contributed by atoms with Gasteiger partial charge in [0.15, 0.2) is 0 Å². The molecule has 0 fully saturated rings. The van der Waals surface area contributed by atoms with E-state index >= 15 is 0 Å². The van der Waals surface area contributed by atoms with Crippen molar-refractivity contribution >= 4 is 132 Å². The van der Waals surface area contributed by atoms with Crippen LogP contribution in [0.1, 0.15) is 0 Å². The van der Waals surface area contributed by atoms with Crippen molar-refractivity contribution in [2.75, 3.05) is 9.80 Å². The van der Waals surface area contributed by atoms with Gasteiger partial charge in [0.25, 0.3) is 6.71 Å². The SMILES string of the molecule is c1ccc(-c2cc3c4c(c2)N(c2ccccc2-c2ccccc2)c2cc(-n5c6ccccc6c6ccccc65)c5c(sc6ccccc65)c2B4c2ccc(-n4c5ccccc5c5ccccc54)cc2N3c2ccccc2-c2ccccc2)cc1. The molecule has 0 spiro atoms. The zero-order valence-corrected chi connectivity index (χ0v) is 46.4. The first-order valence-corrected chi connectivity index (χ1v) is 29.8. The molecule has 0 unspecified atom stereocenters. The van der Waals surface area contributed by atoms with Crippen LogP contribution < -0.4 is 26.2 Å². The Morgan fingerprint density at radius 2 is 0.702 bits per heavy atom. The van der Waals surface area contributed by atoms with Crippen molar-refractivity contribution in [2.45, 2.75) is 0 Å². The van der Waals surface area contributed by atoms with E-state index in [4.69, 9.17) is 0 Å². The molecule has 390 valence electrons. The van der Waals surface area contributed by atoms with Crippen LogP contribution in [-0.4, -0.2) is 15.8 Å². The molecule has 0 saturated carbocycles. The molecule has 0 aliphatic carbocycles. The molecule has 0 radical (unpaired) electrons. The van der Waals surface area contributed by atoms with E-state index < -0.39 is 0 Å². The van der Waals surface area contributed by atoms with Gasteiger partial charge in [-0.1, -0.05) is 224 Å². The second-order valence-electron chi connectivity index (χ2n) is 22.3. The lowest BCUT2D eigenvalue weighted by atomic mass is 9.33. The fourth-order valence-electron chi connectivity index (χ4n) is 14.4. The molecule has 0 N–H and O–H groups in total. The zero-order chi connectivity index (χ0) is 55.0. The number of hydrogen-bond donors (Lipinski definition) is 0. The van der Waals surface area contributed by atoms with Crippen molar-refractivity contribution in [1.82, 2.24) is 9.13 Å². The highest BCUT2D eigenvalue weighted by atomic mass is 32.1. The summed E-state index contributed by atoms with van der Waals surface area (Å²) in [5.41, 5.74) is 24.6. The number of fused-ring (bicyclic) bond motifs is 14. The van der Waals surface area contributed by atoms with Crippen molar-refractivity contribution in [3.63, 3.8) is 0 Å². The van der Waals surface area contributed by atoms with E-state index in [2.05, 4.69) is 316 Å². The molecule has 2 aliphatic heterocycles. The van der Waals surface area contributed by atoms with Crippen LogP contribution in [0.25, 0.3) is 109 Å². The zero-order valence-electron chi connectivity index (χ0n) is 45.6. The van der Waals surface area contributed by atoms with Crippen LogP contribution in [0.5, 0.6) is 0 Å². The van der Waals surface area contributed by atoms with Crippen molar-refractivity contribution in [3.8, 4) is 44.8 Å². The van der Waals surface area contributed by atoms with Crippen molar-refractivity contribution in [1.29, 1.82) is 0 Å². The van der Waals surface area contributed by atoms with E-state index in [1.165, 1.54) is 91.5 Å². The first kappa shape index (κ1) is 47.0. The average Bonchev–Trinajstić information content (AvgIpc) is 1.38. The van der Waals surface area contributed by atoms with Gasteiger partial charge in [-0.05, 0) is 111 Å². The number of nitrogens with zero attached hydrogens (tertiary/aromatic N) is 4. The van der Waals surface area contributed by atoms with Gasteiger partial charge in [0, 0.05) is 81.3 Å². The molecule has 84 heavy (non-hydrogen) atoms. The Morgan fingerprint density at radius 1 is 0.274 bits per heavy atom. The summed E-state index contributed by atoms with van der Waals surface area (Å²) in [5.74, 6) is 0. The van der Waals surface area contributed by atoms with E-state index in [9.17, 15) is 0 Å². The summed E-state index contributed by atoms with van der Waals surface area (Å²) in [6.45, 7) is -0.194. The minimum atomic E-state index is -0.194. The number of rotatable bonds is 7. The lowest BCUT2D eigenvalue weighted by Crippen LogP contribution is -2.61. The molecule has 3 aromatic heterocycles. The highest BCUT2D eigenvalue weighted by molar-refractivity contribution is 7.28. The quantitative estimate of drug-likeness (QED) is 0.148. The van der Waals surface area contributed by atoms with E-state index in [1.54, 1.807) is 0 Å². The summed E-state index contributed by atoms with van der Waals surface area (Å²) in [6.07, 6.45) is 0. The molecule has 4 nitrogen and oxygen atoms in total. The van der Waals surface area contributed by atoms with Crippen LogP contribution >= 0.6 is 11.3 Å². The van der Waals surface area contributed by atoms with Gasteiger partial charge in [0.2, 0.25) is 0 Å². The highest BCUT2D eigenvalue weighted by Crippen LogP contribution is 2.53. The van der Waals surface area contributed by atoms with Gasteiger partial charge in [0.05, 0.1) is 39.1 Å². The first-order chi connectivity index (χ1) is 41.7. The standard InChI is InChI=1S/C78H49BN4S/c1-4-24-50(25-5-1)53-46-71-76-72(47-53)83(64-38-18-11-31-56(64)52-28-8-3-9-29-52)73-49-70(81-67-41-21-14-34-59(67)60-35-15-22-42-68(60)81)75-61-36-16-23-43-74(61)84-78(75)77(73)79(76)62-45-44-54(80-65-39-19-12-32-57(65)58-33-13-20-40-66(58)80)48-69(62)82(71)63-37-17-10-30-55(63)51-26-6-2-7-27-51/h1-49H. The molecule has 18 rings (SSSR count). The van der Waals surface area contributed by atoms with E-state index in [0.717, 1.165) is 67.5 Å². The van der Waals surface area contributed by atoms with Crippen molar-refractivity contribution < 1.29 is 0 Å². The predicted molar refractivity (Wildman–Crippen MR) is 358 cm³/mol. The van der Waals surface area contributed by atoms with Gasteiger partial charge in [-0.2, -0.15) is 0 Å². The fraction of sp³-hybridized carbons (Fsp3) is 0. The van der Waals surface area contributed by atoms with Gasteiger partial charge in [-0.3, -0.25) is 0 Å². The Kier molecular flexibility index (Phi) is 10.3. The Morgan fingerprint density at radius 3 is 1.25 bits per heavy atom. The lowest BCUT2D eigenvalue weighted by molar-refractivity contribution is 1.17. The van der Waals surface area contributed by atoms with Crippen LogP contribution in [0.3, 0.4) is 0 Å². The fourth-order valence-corrected chi connectivity index (χ4v) is 15.7. The molecule has 0 bridgehead atoms. The van der Waals surface area contributed by atoms with Crippen LogP contribution in [-0.2, 0) is 0 Å². The summed E-state index contributed by atoms with van der Waals surface area (Å²) in [4.78, 5) is 5.27. The number of anilines is 6. The summed E-state index contributed by atoms with van der Waals surface area (Å²) < 4.78 is 7.59. The predicted octanol–water partition coefficient (Wildman–Crippen LogP) is 19.3. The third kappa shape index (κ3) is 6.83. The third-order valence-corrected chi connectivity index (χ3v) is 19.1. The number of para-hydroxylation sites is 6. The topological polar surface area (TPSA) is 16.3 Å². The minimum Gasteiger partial charge on any atom is -0.311 e. The number of aromatic nitrogens is 2. The van der Waals surface area contributed by atoms with Crippen LogP contribution in [0.2, 0.25) is 0 Å². The minimum absolute atomic E-state index is 0.194. The molecular weight excluding hydrogens is 1040 g/mol. The molecule has 0 atom stereocenters. The van der Waals surface area contributed by atoms with E-state index in [-0.39, 0.29) is 6.71 Å². The molecule has 13 aromatic carbocycles. The first-order valence-electron chi connectivity index (χ1n) is 29.0. The van der Waals surface area contributed by atoms with Crippen LogP contribution in [0.15, 0.2) is 297 Å². The molecular formula is C78H49BN4S. The monoisotopic (exact) mass is 1080 g/mol. The molecule has 0 saturated heterocycles. The van der Waals surface area contributed by atoms with Crippen molar-refractivity contribution in [3.05, 3.63) is 297 Å². The highest BCUT2D eigenvalue weighted by Gasteiger charge is 2.46. The maximum absolute atomic E-state index is 2.65. The molecule has 0 amide bonds. The molecule has 6 heteroatoms. The van der Waals surface area contributed by atoms with Gasteiger partial charge in [-0.25, -0.2) is 0 Å². The summed E-state index contributed by atoms with van der Waals surface area (Å²) in [5, 5.41) is 7.48. The van der Waals surface area contributed by atoms with Gasteiger partial charge < -0.3 is 18.9 Å². The lowest BCUT2D eigenvalue weighted by Gasteiger charge is -2.45. The number of thiophene rings is 1. The van der Waals surface area contributed by atoms with Gasteiger partial charge >= 0.3 is 0 Å². The smallest absolute Gasteiger partial charge is 0.254 e. The Hall–Kier alpha value is -10.7. The maximum Gasteiger partial charge on any atom is 0.254 e.